The fourth-order valence-corrected chi connectivity index (χ4v) is 0.914. The summed E-state index contributed by atoms with van der Waals surface area (Å²) >= 11 is 0. The lowest BCUT2D eigenvalue weighted by Crippen LogP contribution is -2.16. The maximum absolute atomic E-state index is 9.84. The maximum atomic E-state index is 9.84. The fraction of sp³-hybridized carbons (Fsp3) is 1.00. The molecule has 0 heterocycles. The first-order chi connectivity index (χ1) is 4.83. The molecule has 0 aromatic rings. The lowest BCUT2D eigenvalue weighted by Gasteiger charge is -1.97. The van der Waals surface area contributed by atoms with Crippen molar-refractivity contribution < 1.29 is 18.1 Å². The molecule has 0 unspecified atom stereocenters. The van der Waals surface area contributed by atoms with Gasteiger partial charge in [-0.15, -0.1) is 0 Å². The molecule has 0 aliphatic carbocycles. The minimum atomic E-state index is -3.97. The van der Waals surface area contributed by atoms with E-state index >= 15 is 0 Å². The standard InChI is InChI=1S/C3H8O4S.C2H7N/c1-3(4)2-8(5,6)7;1-3-2/h3-4H,2H2,1H3,(H,5,6,7);3H,1-2H3/t3-;/m0./s1. The summed E-state index contributed by atoms with van der Waals surface area (Å²) in [6, 6.07) is 0. The van der Waals surface area contributed by atoms with Crippen molar-refractivity contribution in [2.24, 2.45) is 0 Å². The molecule has 0 fully saturated rings. The van der Waals surface area contributed by atoms with Crippen LogP contribution in [0.3, 0.4) is 0 Å². The van der Waals surface area contributed by atoms with Gasteiger partial charge in [-0.1, -0.05) is 0 Å². The second-order valence-electron chi connectivity index (χ2n) is 2.10. The van der Waals surface area contributed by atoms with Gasteiger partial charge in [0.1, 0.15) is 5.75 Å². The molecule has 70 valence electrons. The van der Waals surface area contributed by atoms with E-state index in [-0.39, 0.29) is 0 Å². The van der Waals surface area contributed by atoms with E-state index in [9.17, 15) is 8.42 Å². The topological polar surface area (TPSA) is 86.6 Å². The molecule has 0 amide bonds. The number of nitrogens with one attached hydrogen (secondary N) is 1. The Hall–Kier alpha value is -0.170. The molecule has 5 nitrogen and oxygen atoms in total. The van der Waals surface area contributed by atoms with Crippen molar-refractivity contribution >= 4 is 10.1 Å². The number of aliphatic hydroxyl groups is 1. The Labute approximate surface area is 67.2 Å². The Bertz CT molecular complexity index is 163. The molecule has 0 spiro atoms. The molecule has 0 radical (unpaired) electrons. The lowest BCUT2D eigenvalue weighted by atomic mass is 10.5. The van der Waals surface area contributed by atoms with Crippen LogP contribution in [0.25, 0.3) is 0 Å². The van der Waals surface area contributed by atoms with E-state index in [0.29, 0.717) is 0 Å². The summed E-state index contributed by atoms with van der Waals surface area (Å²) in [7, 11) is -0.223. The summed E-state index contributed by atoms with van der Waals surface area (Å²) in [5.74, 6) is -0.590. The summed E-state index contributed by atoms with van der Waals surface area (Å²) in [5.41, 5.74) is 0. The minimum absolute atomic E-state index is 0.590. The van der Waals surface area contributed by atoms with Crippen LogP contribution in [0.2, 0.25) is 0 Å². The number of hydrogen-bond acceptors (Lipinski definition) is 4. The Morgan fingerprint density at radius 2 is 1.73 bits per heavy atom. The van der Waals surface area contributed by atoms with E-state index in [4.69, 9.17) is 9.66 Å². The van der Waals surface area contributed by atoms with Crippen molar-refractivity contribution in [3.8, 4) is 0 Å². The monoisotopic (exact) mass is 185 g/mol. The van der Waals surface area contributed by atoms with Crippen molar-refractivity contribution in [1.82, 2.24) is 5.32 Å². The first-order valence-corrected chi connectivity index (χ1v) is 4.66. The molecule has 1 atom stereocenters. The molecule has 11 heavy (non-hydrogen) atoms. The van der Waals surface area contributed by atoms with Gasteiger partial charge in [-0.25, -0.2) is 0 Å². The van der Waals surface area contributed by atoms with E-state index in [1.54, 1.807) is 0 Å². The number of hydrogen-bond donors (Lipinski definition) is 3. The number of rotatable bonds is 2. The third-order valence-electron chi connectivity index (χ3n) is 0.452. The summed E-state index contributed by atoms with van der Waals surface area (Å²) in [6.45, 7) is 1.29. The Kier molecular flexibility index (Phi) is 7.97. The molecular formula is C5H15NO4S. The van der Waals surface area contributed by atoms with Gasteiger partial charge in [-0.2, -0.15) is 8.42 Å². The highest BCUT2D eigenvalue weighted by molar-refractivity contribution is 7.85. The van der Waals surface area contributed by atoms with Gasteiger partial charge < -0.3 is 10.4 Å². The predicted molar refractivity (Wildman–Crippen MR) is 43.1 cm³/mol. The number of aliphatic hydroxyl groups excluding tert-OH is 1. The summed E-state index contributed by atoms with van der Waals surface area (Å²) in [6.07, 6.45) is -0.995. The molecule has 0 aliphatic heterocycles. The Morgan fingerprint density at radius 1 is 1.45 bits per heavy atom. The quantitative estimate of drug-likeness (QED) is 0.485. The van der Waals surface area contributed by atoms with Gasteiger partial charge in [-0.05, 0) is 21.0 Å². The van der Waals surface area contributed by atoms with Gasteiger partial charge in [0.15, 0.2) is 0 Å². The molecular weight excluding hydrogens is 170 g/mol. The Morgan fingerprint density at radius 3 is 1.73 bits per heavy atom. The molecule has 6 heteroatoms. The third-order valence-corrected chi connectivity index (χ3v) is 1.36. The van der Waals surface area contributed by atoms with Gasteiger partial charge in [0.25, 0.3) is 10.1 Å². The normalized spacial score (nSPS) is 13.2. The highest BCUT2D eigenvalue weighted by Gasteiger charge is 2.07. The fourth-order valence-electron chi connectivity index (χ4n) is 0.305. The van der Waals surface area contributed by atoms with Crippen molar-refractivity contribution in [1.29, 1.82) is 0 Å². The molecule has 0 aromatic heterocycles. The van der Waals surface area contributed by atoms with Crippen LogP contribution in [0.1, 0.15) is 6.92 Å². The van der Waals surface area contributed by atoms with Crippen LogP contribution < -0.4 is 5.32 Å². The third kappa shape index (κ3) is 25.8. The van der Waals surface area contributed by atoms with Crippen molar-refractivity contribution in [3.63, 3.8) is 0 Å². The minimum Gasteiger partial charge on any atom is -0.392 e. The van der Waals surface area contributed by atoms with Crippen molar-refractivity contribution in [2.45, 2.75) is 13.0 Å². The zero-order chi connectivity index (χ0) is 9.49. The second-order valence-corrected chi connectivity index (χ2v) is 3.59. The zero-order valence-electron chi connectivity index (χ0n) is 6.90. The van der Waals surface area contributed by atoms with E-state index in [0.717, 1.165) is 0 Å². The summed E-state index contributed by atoms with van der Waals surface area (Å²) < 4.78 is 27.7. The second kappa shape index (κ2) is 6.53. The van der Waals surface area contributed by atoms with Crippen LogP contribution in [0.5, 0.6) is 0 Å². The SMILES string of the molecule is CNC.C[C@H](O)CS(=O)(=O)O. The van der Waals surface area contributed by atoms with E-state index in [1.165, 1.54) is 6.92 Å². The molecule has 0 saturated heterocycles. The van der Waals surface area contributed by atoms with Crippen molar-refractivity contribution in [2.75, 3.05) is 19.8 Å². The molecule has 0 aromatic carbocycles. The van der Waals surface area contributed by atoms with Gasteiger partial charge in [0.2, 0.25) is 0 Å². The first-order valence-electron chi connectivity index (χ1n) is 3.05. The molecule has 0 saturated carbocycles. The smallest absolute Gasteiger partial charge is 0.267 e. The van der Waals surface area contributed by atoms with Gasteiger partial charge in [0.05, 0.1) is 6.10 Å². The van der Waals surface area contributed by atoms with Crippen LogP contribution in [-0.4, -0.2) is 44.0 Å². The largest absolute Gasteiger partial charge is 0.392 e. The van der Waals surface area contributed by atoms with Crippen LogP contribution in [0, 0.1) is 0 Å². The van der Waals surface area contributed by atoms with Crippen LogP contribution in [-0.2, 0) is 10.1 Å². The van der Waals surface area contributed by atoms with E-state index in [2.05, 4.69) is 5.32 Å². The average molecular weight is 185 g/mol. The zero-order valence-corrected chi connectivity index (χ0v) is 7.72. The predicted octanol–water partition coefficient (Wildman–Crippen LogP) is -0.909. The van der Waals surface area contributed by atoms with Crippen molar-refractivity contribution in [3.05, 3.63) is 0 Å². The van der Waals surface area contributed by atoms with Gasteiger partial charge in [-0.3, -0.25) is 4.55 Å². The van der Waals surface area contributed by atoms with Crippen LogP contribution >= 0.6 is 0 Å². The molecule has 0 aliphatic rings. The molecule has 0 bridgehead atoms. The first kappa shape index (κ1) is 13.4. The van der Waals surface area contributed by atoms with E-state index in [1.807, 2.05) is 14.1 Å². The van der Waals surface area contributed by atoms with Crippen LogP contribution in [0.4, 0.5) is 0 Å². The lowest BCUT2D eigenvalue weighted by molar-refractivity contribution is 0.215. The summed E-state index contributed by atoms with van der Waals surface area (Å²) in [4.78, 5) is 0. The molecule has 3 N–H and O–H groups in total. The van der Waals surface area contributed by atoms with Gasteiger partial charge >= 0.3 is 0 Å². The Balaban J connectivity index is 0. The van der Waals surface area contributed by atoms with Crippen LogP contribution in [0.15, 0.2) is 0 Å². The van der Waals surface area contributed by atoms with E-state index < -0.39 is 22.0 Å². The highest BCUT2D eigenvalue weighted by atomic mass is 32.2. The summed E-state index contributed by atoms with van der Waals surface area (Å²) in [5, 5.41) is 11.1. The average Bonchev–Trinajstić information content (AvgIpc) is 1.57. The highest BCUT2D eigenvalue weighted by Crippen LogP contribution is 1.86. The maximum Gasteiger partial charge on any atom is 0.267 e. The van der Waals surface area contributed by atoms with Gasteiger partial charge in [0, 0.05) is 0 Å². The molecule has 0 rings (SSSR count).